The summed E-state index contributed by atoms with van der Waals surface area (Å²) < 4.78 is 16.5. The smallest absolute Gasteiger partial charge is 0.253 e. The van der Waals surface area contributed by atoms with Gasteiger partial charge in [-0.15, -0.1) is 0 Å². The Morgan fingerprint density at radius 3 is 1.41 bits per heavy atom. The van der Waals surface area contributed by atoms with Gasteiger partial charge in [-0.3, -0.25) is 14.4 Å². The van der Waals surface area contributed by atoms with Crippen molar-refractivity contribution >= 4 is 17.7 Å². The lowest BCUT2D eigenvalue weighted by Gasteiger charge is -2.32. The van der Waals surface area contributed by atoms with E-state index in [2.05, 4.69) is 35.7 Å². The summed E-state index contributed by atoms with van der Waals surface area (Å²) in [7, 11) is 0. The van der Waals surface area contributed by atoms with E-state index in [9.17, 15) is 29.7 Å². The molecule has 0 spiro atoms. The normalized spacial score (nSPS) is 33.7. The molecule has 0 bridgehead atoms. The second-order valence-electron chi connectivity index (χ2n) is 12.7. The molecule has 3 fully saturated rings. The molecule has 9 atom stereocenters. The highest BCUT2D eigenvalue weighted by Gasteiger charge is 2.40. The van der Waals surface area contributed by atoms with Crippen LogP contribution in [0.2, 0.25) is 0 Å². The van der Waals surface area contributed by atoms with Crippen LogP contribution in [-0.4, -0.2) is 138 Å². The van der Waals surface area contributed by atoms with Gasteiger partial charge in [-0.25, -0.2) is 0 Å². The summed E-state index contributed by atoms with van der Waals surface area (Å²) in [6.07, 6.45) is 0.905. The molecule has 6 rings (SSSR count). The van der Waals surface area contributed by atoms with Gasteiger partial charge in [0.15, 0.2) is 0 Å². The van der Waals surface area contributed by atoms with Crippen LogP contribution in [0.4, 0.5) is 0 Å². The number of nitrogens with zero attached hydrogens (tertiary/aromatic N) is 3. The van der Waals surface area contributed by atoms with E-state index in [-0.39, 0.29) is 37.5 Å². The van der Waals surface area contributed by atoms with Crippen LogP contribution >= 0.6 is 0 Å². The second kappa shape index (κ2) is 16.9. The number of hydrogen-bond acceptors (Lipinski definition) is 15. The van der Waals surface area contributed by atoms with Crippen molar-refractivity contribution in [2.75, 3.05) is 19.8 Å². The third kappa shape index (κ3) is 9.23. The zero-order chi connectivity index (χ0) is 37.7. The van der Waals surface area contributed by atoms with Gasteiger partial charge in [0, 0.05) is 54.6 Å². The van der Waals surface area contributed by atoms with Crippen LogP contribution in [0.15, 0.2) is 72.5 Å². The fourth-order valence-corrected chi connectivity index (χ4v) is 5.84. The van der Waals surface area contributed by atoms with E-state index in [0.29, 0.717) is 53.4 Å². The molecular weight excluding hydrogens is 686 g/mol. The van der Waals surface area contributed by atoms with Gasteiger partial charge < -0.3 is 75.5 Å². The number of amides is 3. The van der Waals surface area contributed by atoms with Crippen molar-refractivity contribution < 1.29 is 59.2 Å². The number of rotatable bonds is 6. The van der Waals surface area contributed by atoms with Crippen LogP contribution in [0, 0.1) is 0 Å². The summed E-state index contributed by atoms with van der Waals surface area (Å²) >= 11 is 0. The molecule has 0 radical (unpaired) electrons. The summed E-state index contributed by atoms with van der Waals surface area (Å²) in [5.41, 5.74) is 1.63. The van der Waals surface area contributed by atoms with Gasteiger partial charge in [0.1, 0.15) is 54.5 Å². The third-order valence-electron chi connectivity index (χ3n) is 8.86. The molecule has 282 valence electrons. The molecule has 3 saturated heterocycles. The quantitative estimate of drug-likeness (QED) is 0.131. The Morgan fingerprint density at radius 1 is 0.686 bits per heavy atom. The first-order valence-corrected chi connectivity index (χ1v) is 16.3. The topological polar surface area (TPSA) is 246 Å². The number of carbonyl (C=O) groups excluding carboxylic acids is 3. The number of ether oxygens (including phenoxy) is 3. The van der Waals surface area contributed by atoms with Crippen LogP contribution in [0.25, 0.3) is 0 Å². The molecule has 0 aliphatic carbocycles. The van der Waals surface area contributed by atoms with Crippen LogP contribution < -0.4 is 16.0 Å². The fourth-order valence-electron chi connectivity index (χ4n) is 5.84. The molecule has 0 aromatic rings. The Bertz CT molecular complexity index is 1310. The fraction of sp³-hybridized carbons (Fsp3) is 0.545. The molecule has 3 amide bonds. The first-order chi connectivity index (χ1) is 24.1. The van der Waals surface area contributed by atoms with Gasteiger partial charge in [0.25, 0.3) is 17.7 Å². The SMILES string of the molecule is C=C1NC(=O)C(C)=CN1[C@H]1C[C@@H]([18OH])[C@@H](C[18OH])O1.C=C1NC(=[18O])C(C)=CN1[C@H]1C[C@@H](O)[C@@H](C[18OH])O1.C=C1NC(=[18O])C(C)=CN1[C@H]1C[C@@H]([18OH])[C@@H](C[18OH])O1. The van der Waals surface area contributed by atoms with E-state index in [4.69, 9.17) is 29.5 Å². The summed E-state index contributed by atoms with van der Waals surface area (Å²) in [6, 6.07) is 0. The predicted octanol–water partition coefficient (Wildman–Crippen LogP) is -2.22. The van der Waals surface area contributed by atoms with Crippen molar-refractivity contribution in [2.45, 2.75) is 95.3 Å². The predicted molar refractivity (Wildman–Crippen MR) is 178 cm³/mol. The van der Waals surface area contributed by atoms with Crippen molar-refractivity contribution in [1.29, 1.82) is 0 Å². The lowest BCUT2D eigenvalue weighted by Crippen LogP contribution is -2.42. The summed E-state index contributed by atoms with van der Waals surface area (Å²) in [4.78, 5) is 39.0. The molecule has 18 nitrogen and oxygen atoms in total. The van der Waals surface area contributed by atoms with Crippen LogP contribution in [-0.2, 0) is 28.6 Å². The molecular formula is C33H48N6O12. The first kappa shape index (κ1) is 39.7. The number of nitrogens with one attached hydrogen (secondary N) is 3. The molecule has 0 saturated carbocycles. The standard InChI is InChI=1S/3C11H16N2O4/c3*1-6-4-13(7(2)12-11(6)16)10-3-8(15)9(5-14)17-10/h3*4,8-10,14-15H,2-3,5H2,1H3,(H,12,16)/t3*8-,9-,10-/m111/s1/i14+2,15+2,16+2;14+2,16+2;14+2,15+2. The monoisotopic (exact) mass is 734 g/mol. The average Bonchev–Trinajstić information content (AvgIpc) is 3.77. The van der Waals surface area contributed by atoms with Crippen molar-refractivity contribution in [2.24, 2.45) is 0 Å². The van der Waals surface area contributed by atoms with Crippen molar-refractivity contribution in [1.82, 2.24) is 30.7 Å². The van der Waals surface area contributed by atoms with Crippen LogP contribution in [0.5, 0.6) is 0 Å². The summed E-state index contributed by atoms with van der Waals surface area (Å²) in [5, 5.41) is 63.7. The molecule has 0 aromatic carbocycles. The largest absolute Gasteiger partial charge is 0.394 e. The van der Waals surface area contributed by atoms with Crippen molar-refractivity contribution in [3.63, 3.8) is 0 Å². The Labute approximate surface area is 295 Å². The highest BCUT2D eigenvalue weighted by atomic mass is 18.2. The lowest BCUT2D eigenvalue weighted by molar-refractivity contribution is -0.119. The molecule has 9 N–H and O–H groups in total. The molecule has 6 aliphatic heterocycles. The maximum Gasteiger partial charge on any atom is 0.253 e. The highest BCUT2D eigenvalue weighted by Crippen LogP contribution is 2.29. The van der Waals surface area contributed by atoms with Crippen LogP contribution in [0.1, 0.15) is 40.0 Å². The van der Waals surface area contributed by atoms with Crippen LogP contribution in [0.3, 0.4) is 0 Å². The number of hydrogen-bond donors (Lipinski definition) is 9. The van der Waals surface area contributed by atoms with E-state index in [0.717, 1.165) is 0 Å². The van der Waals surface area contributed by atoms with Gasteiger partial charge in [-0.05, 0) is 20.8 Å². The Balaban J connectivity index is 0.000000172. The average molecular weight is 735 g/mol. The molecule has 0 aromatic heterocycles. The number of carbonyl (C=O) groups is 3. The van der Waals surface area contributed by atoms with E-state index in [1.54, 1.807) is 54.1 Å². The van der Waals surface area contributed by atoms with Crippen molar-refractivity contribution in [3.05, 3.63) is 72.5 Å². The second-order valence-corrected chi connectivity index (χ2v) is 12.7. The van der Waals surface area contributed by atoms with Gasteiger partial charge in [-0.2, -0.15) is 0 Å². The van der Waals surface area contributed by atoms with E-state index >= 15 is 0 Å². The maximum absolute atomic E-state index is 11.4. The molecule has 18 heteroatoms. The minimum atomic E-state index is -0.705. The Hall–Kier alpha value is -4.11. The van der Waals surface area contributed by atoms with Gasteiger partial charge in [0.05, 0.1) is 38.1 Å². The number of aliphatic hydroxyl groups is 6. The van der Waals surface area contributed by atoms with Gasteiger partial charge in [-0.1, -0.05) is 19.7 Å². The molecule has 6 aliphatic rings. The third-order valence-corrected chi connectivity index (χ3v) is 8.86. The van der Waals surface area contributed by atoms with E-state index < -0.39 is 55.3 Å². The van der Waals surface area contributed by atoms with E-state index in [1.807, 2.05) is 0 Å². The minimum Gasteiger partial charge on any atom is -0.394 e. The van der Waals surface area contributed by atoms with Crippen molar-refractivity contribution in [3.8, 4) is 0 Å². The maximum atomic E-state index is 11.4. The summed E-state index contributed by atoms with van der Waals surface area (Å²) in [6.45, 7) is 15.5. The zero-order valence-corrected chi connectivity index (χ0v) is 28.8. The number of aliphatic hydroxyl groups excluding tert-OH is 6. The highest BCUT2D eigenvalue weighted by molar-refractivity contribution is 5.95. The van der Waals surface area contributed by atoms with Gasteiger partial charge >= 0.3 is 0 Å². The zero-order valence-electron chi connectivity index (χ0n) is 28.8. The lowest BCUT2D eigenvalue weighted by atomic mass is 10.2. The van der Waals surface area contributed by atoms with Gasteiger partial charge in [0.2, 0.25) is 0 Å². The minimum absolute atomic E-state index is 0.191. The molecule has 6 heterocycles. The Morgan fingerprint density at radius 2 is 1.04 bits per heavy atom. The van der Waals surface area contributed by atoms with E-state index in [1.165, 1.54) is 0 Å². The molecule has 0 unspecified atom stereocenters. The summed E-state index contributed by atoms with van der Waals surface area (Å²) in [5.74, 6) is 0.666. The molecule has 51 heavy (non-hydrogen) atoms. The Kier molecular flexibility index (Phi) is 13.2. The first-order valence-electron chi connectivity index (χ1n) is 16.3.